The van der Waals surface area contributed by atoms with Crippen LogP contribution < -0.4 is 5.32 Å². The van der Waals surface area contributed by atoms with Gasteiger partial charge in [-0.2, -0.15) is 5.26 Å². The summed E-state index contributed by atoms with van der Waals surface area (Å²) in [6.45, 7) is 3.91. The Kier molecular flexibility index (Phi) is 6.86. The number of likely N-dealkylation sites (tertiary alicyclic amines) is 1. The molecule has 1 aliphatic heterocycles. The molecule has 0 radical (unpaired) electrons. The molecule has 4 heteroatoms. The average molecular weight is 341 g/mol. The molecule has 25 heavy (non-hydrogen) atoms. The van der Waals surface area contributed by atoms with Crippen LogP contribution in [0.25, 0.3) is 0 Å². The zero-order chi connectivity index (χ0) is 17.5. The fourth-order valence-electron chi connectivity index (χ4n) is 4.21. The quantitative estimate of drug-likeness (QED) is 0.835. The number of piperidine rings is 1. The van der Waals surface area contributed by atoms with E-state index in [1.165, 1.54) is 37.7 Å². The molecule has 0 amide bonds. The SMILES string of the molecule is N#Cc1ccc(CN2CCC(NCC(O)C3CCCCC3)CC2)cc1. The summed E-state index contributed by atoms with van der Waals surface area (Å²) < 4.78 is 0. The van der Waals surface area contributed by atoms with Crippen molar-refractivity contribution >= 4 is 0 Å². The molecule has 1 aromatic carbocycles. The second kappa shape index (κ2) is 9.33. The van der Waals surface area contributed by atoms with Crippen LogP contribution in [-0.2, 0) is 6.54 Å². The van der Waals surface area contributed by atoms with Gasteiger partial charge in [-0.25, -0.2) is 0 Å². The Balaban J connectivity index is 1.36. The Morgan fingerprint density at radius 3 is 2.40 bits per heavy atom. The monoisotopic (exact) mass is 341 g/mol. The van der Waals surface area contributed by atoms with Crippen LogP contribution >= 0.6 is 0 Å². The lowest BCUT2D eigenvalue weighted by Gasteiger charge is -2.34. The van der Waals surface area contributed by atoms with Gasteiger partial charge >= 0.3 is 0 Å². The van der Waals surface area contributed by atoms with E-state index in [1.807, 2.05) is 12.1 Å². The summed E-state index contributed by atoms with van der Waals surface area (Å²) >= 11 is 0. The van der Waals surface area contributed by atoms with Crippen LogP contribution in [0.4, 0.5) is 0 Å². The minimum Gasteiger partial charge on any atom is -0.392 e. The van der Waals surface area contributed by atoms with Crippen molar-refractivity contribution in [1.82, 2.24) is 10.2 Å². The van der Waals surface area contributed by atoms with E-state index in [0.717, 1.165) is 44.6 Å². The van der Waals surface area contributed by atoms with Gasteiger partial charge in [-0.15, -0.1) is 0 Å². The first-order chi connectivity index (χ1) is 12.2. The first kappa shape index (κ1) is 18.4. The van der Waals surface area contributed by atoms with Gasteiger partial charge in [0.15, 0.2) is 0 Å². The highest BCUT2D eigenvalue weighted by molar-refractivity contribution is 5.31. The molecule has 1 unspecified atom stereocenters. The smallest absolute Gasteiger partial charge is 0.0991 e. The average Bonchev–Trinajstić information content (AvgIpc) is 2.68. The molecule has 1 heterocycles. The number of hydrogen-bond acceptors (Lipinski definition) is 4. The van der Waals surface area contributed by atoms with Gasteiger partial charge in [0.1, 0.15) is 0 Å². The van der Waals surface area contributed by atoms with E-state index < -0.39 is 0 Å². The van der Waals surface area contributed by atoms with Gasteiger partial charge in [0.2, 0.25) is 0 Å². The van der Waals surface area contributed by atoms with Crippen LogP contribution in [0.3, 0.4) is 0 Å². The largest absolute Gasteiger partial charge is 0.392 e. The van der Waals surface area contributed by atoms with Crippen LogP contribution in [0.1, 0.15) is 56.1 Å². The molecule has 1 saturated carbocycles. The fourth-order valence-corrected chi connectivity index (χ4v) is 4.21. The van der Waals surface area contributed by atoms with Crippen molar-refractivity contribution in [1.29, 1.82) is 5.26 Å². The van der Waals surface area contributed by atoms with Gasteiger partial charge < -0.3 is 10.4 Å². The lowest BCUT2D eigenvalue weighted by molar-refractivity contribution is 0.0771. The molecule has 0 spiro atoms. The van der Waals surface area contributed by atoms with E-state index >= 15 is 0 Å². The zero-order valence-electron chi connectivity index (χ0n) is 15.2. The van der Waals surface area contributed by atoms with Crippen molar-refractivity contribution in [2.75, 3.05) is 19.6 Å². The van der Waals surface area contributed by atoms with E-state index in [-0.39, 0.29) is 6.10 Å². The van der Waals surface area contributed by atoms with Gasteiger partial charge in [0.05, 0.1) is 17.7 Å². The molecule has 0 aromatic heterocycles. The molecule has 2 fully saturated rings. The Hall–Kier alpha value is -1.41. The summed E-state index contributed by atoms with van der Waals surface area (Å²) in [5, 5.41) is 22.9. The third-order valence-corrected chi connectivity index (χ3v) is 5.89. The van der Waals surface area contributed by atoms with Crippen molar-refractivity contribution < 1.29 is 5.11 Å². The number of benzene rings is 1. The maximum Gasteiger partial charge on any atom is 0.0991 e. The summed E-state index contributed by atoms with van der Waals surface area (Å²) in [5.41, 5.74) is 2.00. The van der Waals surface area contributed by atoms with Crippen LogP contribution in [0.5, 0.6) is 0 Å². The molecule has 3 rings (SSSR count). The highest BCUT2D eigenvalue weighted by atomic mass is 16.3. The van der Waals surface area contributed by atoms with Crippen LogP contribution in [0.15, 0.2) is 24.3 Å². The van der Waals surface area contributed by atoms with Crippen molar-refractivity contribution in [2.24, 2.45) is 5.92 Å². The second-order valence-electron chi connectivity index (χ2n) is 7.73. The van der Waals surface area contributed by atoms with Crippen molar-refractivity contribution in [3.05, 3.63) is 35.4 Å². The Morgan fingerprint density at radius 1 is 1.08 bits per heavy atom. The van der Waals surface area contributed by atoms with Crippen LogP contribution in [-0.4, -0.2) is 41.8 Å². The molecule has 1 aliphatic carbocycles. The topological polar surface area (TPSA) is 59.3 Å². The van der Waals surface area contributed by atoms with Crippen molar-refractivity contribution in [3.63, 3.8) is 0 Å². The van der Waals surface area contributed by atoms with Gasteiger partial charge in [-0.05, 0) is 62.4 Å². The Morgan fingerprint density at radius 2 is 1.76 bits per heavy atom. The van der Waals surface area contributed by atoms with Crippen LogP contribution in [0.2, 0.25) is 0 Å². The van der Waals surface area contributed by atoms with Crippen molar-refractivity contribution in [2.45, 2.75) is 63.6 Å². The molecule has 4 nitrogen and oxygen atoms in total. The van der Waals surface area contributed by atoms with Crippen molar-refractivity contribution in [3.8, 4) is 6.07 Å². The molecule has 1 atom stereocenters. The third-order valence-electron chi connectivity index (χ3n) is 5.89. The standard InChI is InChI=1S/C21H31N3O/c22-14-17-6-8-18(9-7-17)16-24-12-10-20(11-13-24)23-15-21(25)19-4-2-1-3-5-19/h6-9,19-21,23,25H,1-5,10-13,15-16H2. The summed E-state index contributed by atoms with van der Waals surface area (Å²) in [6.07, 6.45) is 8.44. The fraction of sp³-hybridized carbons (Fsp3) is 0.667. The molecule has 0 bridgehead atoms. The van der Waals surface area contributed by atoms with Gasteiger partial charge in [-0.1, -0.05) is 31.4 Å². The number of aliphatic hydroxyl groups is 1. The molecular formula is C21H31N3O. The highest BCUT2D eigenvalue weighted by Crippen LogP contribution is 2.26. The second-order valence-corrected chi connectivity index (χ2v) is 7.73. The minimum atomic E-state index is -0.169. The van der Waals surface area contributed by atoms with Gasteiger partial charge in [0.25, 0.3) is 0 Å². The third kappa shape index (κ3) is 5.54. The summed E-state index contributed by atoms with van der Waals surface area (Å²) in [4.78, 5) is 2.48. The molecular weight excluding hydrogens is 310 g/mol. The van der Waals surface area contributed by atoms with E-state index in [1.54, 1.807) is 0 Å². The molecule has 1 saturated heterocycles. The van der Waals surface area contributed by atoms with Gasteiger partial charge in [0, 0.05) is 19.1 Å². The predicted molar refractivity (Wildman–Crippen MR) is 100 cm³/mol. The Labute approximate surface area is 151 Å². The number of nitrogens with zero attached hydrogens (tertiary/aromatic N) is 2. The maximum atomic E-state index is 10.4. The normalized spacial score (nSPS) is 21.8. The zero-order valence-corrected chi connectivity index (χ0v) is 15.2. The number of hydrogen-bond donors (Lipinski definition) is 2. The van der Waals surface area contributed by atoms with Gasteiger partial charge in [-0.3, -0.25) is 4.90 Å². The minimum absolute atomic E-state index is 0.169. The summed E-state index contributed by atoms with van der Waals surface area (Å²) in [6, 6.07) is 10.6. The first-order valence-electron chi connectivity index (χ1n) is 9.87. The maximum absolute atomic E-state index is 10.4. The van der Waals surface area contributed by atoms with E-state index in [9.17, 15) is 5.11 Å². The van der Waals surface area contributed by atoms with E-state index in [2.05, 4.69) is 28.4 Å². The molecule has 2 aliphatic rings. The number of nitrogens with one attached hydrogen (secondary N) is 1. The molecule has 136 valence electrons. The lowest BCUT2D eigenvalue weighted by atomic mass is 9.85. The number of nitriles is 1. The number of rotatable bonds is 6. The van der Waals surface area contributed by atoms with E-state index in [0.29, 0.717) is 12.0 Å². The highest BCUT2D eigenvalue weighted by Gasteiger charge is 2.24. The predicted octanol–water partition coefficient (Wildman–Crippen LogP) is 3.05. The summed E-state index contributed by atoms with van der Waals surface area (Å²) in [5.74, 6) is 0.512. The summed E-state index contributed by atoms with van der Waals surface area (Å²) in [7, 11) is 0. The Bertz CT molecular complexity index is 551. The van der Waals surface area contributed by atoms with E-state index in [4.69, 9.17) is 5.26 Å². The lowest BCUT2D eigenvalue weighted by Crippen LogP contribution is -2.45. The molecule has 1 aromatic rings. The first-order valence-corrected chi connectivity index (χ1v) is 9.87. The molecule has 2 N–H and O–H groups in total. The number of aliphatic hydroxyl groups excluding tert-OH is 1. The van der Waals surface area contributed by atoms with Crippen LogP contribution in [0, 0.1) is 17.2 Å².